The highest BCUT2D eigenvalue weighted by Crippen LogP contribution is 2.47. The predicted octanol–water partition coefficient (Wildman–Crippen LogP) is 4.56. The monoisotopic (exact) mass is 525 g/mol. The number of nitrogens with one attached hydrogen (secondary N) is 1. The molecule has 4 aliphatic rings. The minimum atomic E-state index is -0.199. The number of piperazine rings is 1. The number of anilines is 1. The number of aliphatic hydroxyl groups excluding tert-OH is 1. The third-order valence-corrected chi connectivity index (χ3v) is 9.81. The fourth-order valence-electron chi connectivity index (χ4n) is 6.50. The number of aliphatic hydroxyl groups is 1. The van der Waals surface area contributed by atoms with Crippen molar-refractivity contribution in [3.8, 4) is 0 Å². The maximum Gasteiger partial charge on any atom is 0.223 e. The molecule has 1 aromatic heterocycles. The van der Waals surface area contributed by atoms with Gasteiger partial charge in [-0.1, -0.05) is 27.7 Å². The maximum absolute atomic E-state index is 12.6. The largest absolute Gasteiger partial charge is 0.393 e. The second-order valence-electron chi connectivity index (χ2n) is 14.1. The van der Waals surface area contributed by atoms with E-state index >= 15 is 0 Å². The summed E-state index contributed by atoms with van der Waals surface area (Å²) in [6, 6.07) is 2.62. The summed E-state index contributed by atoms with van der Waals surface area (Å²) in [6.07, 6.45) is 11.5. The van der Waals surface area contributed by atoms with Gasteiger partial charge in [0.25, 0.3) is 0 Å². The Morgan fingerprint density at radius 2 is 1.66 bits per heavy atom. The van der Waals surface area contributed by atoms with Gasteiger partial charge in [-0.05, 0) is 83.1 Å². The van der Waals surface area contributed by atoms with Crippen molar-refractivity contribution < 1.29 is 9.90 Å². The Hall–Kier alpha value is -1.73. The highest BCUT2D eigenvalue weighted by molar-refractivity contribution is 5.79. The zero-order valence-corrected chi connectivity index (χ0v) is 24.3. The molecule has 0 radical (unpaired) electrons. The summed E-state index contributed by atoms with van der Waals surface area (Å²) in [6.45, 7) is 14.4. The lowest BCUT2D eigenvalue weighted by molar-refractivity contribution is -0.127. The number of carbonyl (C=O) groups excluding carboxylic acids is 1. The first-order chi connectivity index (χ1) is 18.1. The van der Waals surface area contributed by atoms with Crippen LogP contribution in [0, 0.1) is 11.8 Å². The van der Waals surface area contributed by atoms with Crippen LogP contribution in [0.25, 0.3) is 0 Å². The highest BCUT2D eigenvalue weighted by atomic mass is 16.3. The number of nitrogens with zero attached hydrogens (tertiary/aromatic N) is 4. The normalized spacial score (nSPS) is 30.2. The van der Waals surface area contributed by atoms with Crippen LogP contribution in [0.2, 0.25) is 0 Å². The van der Waals surface area contributed by atoms with E-state index in [0.717, 1.165) is 82.3 Å². The van der Waals surface area contributed by atoms with Crippen LogP contribution in [0.1, 0.15) is 110 Å². The molecule has 1 aliphatic heterocycles. The Bertz CT molecular complexity index is 924. The van der Waals surface area contributed by atoms with Crippen LogP contribution in [0.5, 0.6) is 0 Å². The van der Waals surface area contributed by atoms with Crippen LogP contribution in [-0.2, 0) is 15.6 Å². The van der Waals surface area contributed by atoms with Crippen molar-refractivity contribution in [3.05, 3.63) is 17.6 Å². The van der Waals surface area contributed by atoms with Gasteiger partial charge in [0, 0.05) is 55.0 Å². The molecule has 3 saturated carbocycles. The van der Waals surface area contributed by atoms with Gasteiger partial charge in [-0.2, -0.15) is 0 Å². The maximum atomic E-state index is 12.6. The van der Waals surface area contributed by atoms with Crippen molar-refractivity contribution in [2.45, 2.75) is 121 Å². The summed E-state index contributed by atoms with van der Waals surface area (Å²) >= 11 is 0. The van der Waals surface area contributed by atoms with Gasteiger partial charge in [-0.3, -0.25) is 9.69 Å². The van der Waals surface area contributed by atoms with Gasteiger partial charge in [0.05, 0.1) is 11.8 Å². The van der Waals surface area contributed by atoms with E-state index in [1.807, 2.05) is 0 Å². The van der Waals surface area contributed by atoms with Crippen molar-refractivity contribution in [3.63, 3.8) is 0 Å². The lowest BCUT2D eigenvalue weighted by Crippen LogP contribution is -2.47. The molecule has 1 amide bonds. The Morgan fingerprint density at radius 3 is 2.26 bits per heavy atom. The molecular formula is C31H51N5O2. The molecule has 0 atom stereocenters. The molecule has 212 valence electrons. The first kappa shape index (κ1) is 27.8. The van der Waals surface area contributed by atoms with E-state index in [4.69, 9.17) is 9.97 Å². The minimum absolute atomic E-state index is 0.0426. The van der Waals surface area contributed by atoms with Gasteiger partial charge in [-0.25, -0.2) is 9.97 Å². The Morgan fingerprint density at radius 1 is 1.00 bits per heavy atom. The van der Waals surface area contributed by atoms with E-state index < -0.39 is 0 Å². The summed E-state index contributed by atoms with van der Waals surface area (Å²) in [5.41, 5.74) is 1.44. The van der Waals surface area contributed by atoms with Gasteiger partial charge >= 0.3 is 0 Å². The summed E-state index contributed by atoms with van der Waals surface area (Å²) < 4.78 is 0. The van der Waals surface area contributed by atoms with Crippen molar-refractivity contribution in [1.82, 2.24) is 20.2 Å². The van der Waals surface area contributed by atoms with Gasteiger partial charge in [-0.15, -0.1) is 0 Å². The highest BCUT2D eigenvalue weighted by Gasteiger charge is 2.42. The zero-order chi connectivity index (χ0) is 26.9. The number of hydrogen-bond donors (Lipinski definition) is 2. The molecular weight excluding hydrogens is 474 g/mol. The van der Waals surface area contributed by atoms with Crippen LogP contribution in [0.3, 0.4) is 0 Å². The number of rotatable bonds is 7. The molecule has 1 aromatic rings. The fraction of sp³-hybridized carbons (Fsp3) is 0.839. The van der Waals surface area contributed by atoms with E-state index in [9.17, 15) is 9.90 Å². The molecule has 7 heteroatoms. The predicted molar refractivity (Wildman–Crippen MR) is 152 cm³/mol. The number of aromatic nitrogens is 2. The second kappa shape index (κ2) is 11.4. The van der Waals surface area contributed by atoms with Gasteiger partial charge in [0.2, 0.25) is 5.91 Å². The summed E-state index contributed by atoms with van der Waals surface area (Å²) in [5.74, 6) is 3.22. The van der Waals surface area contributed by atoms with Crippen molar-refractivity contribution in [1.29, 1.82) is 0 Å². The van der Waals surface area contributed by atoms with Crippen LogP contribution >= 0.6 is 0 Å². The van der Waals surface area contributed by atoms with Crippen LogP contribution in [0.15, 0.2) is 6.07 Å². The molecule has 0 bridgehead atoms. The topological polar surface area (TPSA) is 81.6 Å². The summed E-state index contributed by atoms with van der Waals surface area (Å²) in [4.78, 5) is 27.8. The molecule has 3 aliphatic carbocycles. The van der Waals surface area contributed by atoms with Crippen molar-refractivity contribution >= 4 is 11.7 Å². The number of hydrogen-bond acceptors (Lipinski definition) is 6. The van der Waals surface area contributed by atoms with Gasteiger partial charge < -0.3 is 15.3 Å². The number of amides is 1. The van der Waals surface area contributed by atoms with E-state index in [-0.39, 0.29) is 28.8 Å². The second-order valence-corrected chi connectivity index (χ2v) is 14.1. The molecule has 5 rings (SSSR count). The Kier molecular flexibility index (Phi) is 8.35. The van der Waals surface area contributed by atoms with Crippen molar-refractivity contribution in [2.75, 3.05) is 37.6 Å². The molecule has 4 fully saturated rings. The van der Waals surface area contributed by atoms with E-state index in [2.05, 4.69) is 48.9 Å². The first-order valence-corrected chi connectivity index (χ1v) is 15.4. The van der Waals surface area contributed by atoms with E-state index in [1.54, 1.807) is 0 Å². The zero-order valence-electron chi connectivity index (χ0n) is 24.3. The van der Waals surface area contributed by atoms with Crippen molar-refractivity contribution in [2.24, 2.45) is 11.8 Å². The molecule has 0 unspecified atom stereocenters. The average molecular weight is 526 g/mol. The Labute approximate surface area is 230 Å². The first-order valence-electron chi connectivity index (χ1n) is 15.4. The molecule has 0 aromatic carbocycles. The Balaban J connectivity index is 1.04. The quantitative estimate of drug-likeness (QED) is 0.543. The molecule has 2 N–H and O–H groups in total. The molecule has 7 nitrogen and oxygen atoms in total. The van der Waals surface area contributed by atoms with Crippen LogP contribution in [0.4, 0.5) is 5.82 Å². The van der Waals surface area contributed by atoms with Gasteiger partial charge in [0.1, 0.15) is 11.6 Å². The average Bonchev–Trinajstić information content (AvgIpc) is 3.66. The summed E-state index contributed by atoms with van der Waals surface area (Å²) in [5, 5.41) is 13.0. The molecule has 0 spiro atoms. The third kappa shape index (κ3) is 6.88. The summed E-state index contributed by atoms with van der Waals surface area (Å²) in [7, 11) is 0. The van der Waals surface area contributed by atoms with E-state index in [1.165, 1.54) is 44.3 Å². The fourth-order valence-corrected chi connectivity index (χ4v) is 6.50. The molecule has 2 heterocycles. The van der Waals surface area contributed by atoms with E-state index in [0.29, 0.717) is 6.04 Å². The van der Waals surface area contributed by atoms with Crippen LogP contribution in [-0.4, -0.2) is 70.8 Å². The standard InChI is InChI=1S/C31H51N5O2/c1-30(2,3)29-33-26(31(4)14-15-31)21-27(34-29)36-19-17-35(18-20-36)16-13-22-5-9-24(10-6-22)32-28(38)23-7-11-25(37)12-8-23/h21-25,37H,5-20H2,1-4H3,(H,32,38)/t22-,23-,24-,25+. The third-order valence-electron chi connectivity index (χ3n) is 9.81. The molecule has 38 heavy (non-hydrogen) atoms. The lowest BCUT2D eigenvalue weighted by Gasteiger charge is -2.37. The number of carbonyl (C=O) groups is 1. The van der Waals surface area contributed by atoms with Crippen LogP contribution < -0.4 is 10.2 Å². The SMILES string of the molecule is CC(C)(C)c1nc(N2CCN(CC[C@H]3CC[C@H](NC(=O)[C@H]4CC[C@@H](O)CC4)CC3)CC2)cc(C2(C)CC2)n1. The smallest absolute Gasteiger partial charge is 0.223 e. The van der Waals surface area contributed by atoms with Gasteiger partial charge in [0.15, 0.2) is 0 Å². The lowest BCUT2D eigenvalue weighted by atomic mass is 9.83. The molecule has 1 saturated heterocycles. The minimum Gasteiger partial charge on any atom is -0.393 e.